The fraction of sp³-hybridized carbons (Fsp3) is 0.625. The Morgan fingerprint density at radius 3 is 2.83 bits per heavy atom. The van der Waals surface area contributed by atoms with Crippen LogP contribution in [0.1, 0.15) is 45.2 Å². The highest BCUT2D eigenvalue weighted by Crippen LogP contribution is 2.11. The number of H-pyrrole nitrogens is 1. The number of rotatable bonds is 10. The summed E-state index contributed by atoms with van der Waals surface area (Å²) >= 11 is 1.13. The van der Waals surface area contributed by atoms with Crippen molar-refractivity contribution < 1.29 is 14.3 Å². The number of methoxy groups -OCH3 is 1. The second-order valence-corrected chi connectivity index (χ2v) is 6.51. The summed E-state index contributed by atoms with van der Waals surface area (Å²) in [5.74, 6) is -0.421. The van der Waals surface area contributed by atoms with Crippen molar-refractivity contribution in [2.24, 2.45) is 0 Å². The lowest BCUT2D eigenvalue weighted by Gasteiger charge is -2.13. The summed E-state index contributed by atoms with van der Waals surface area (Å²) in [6.45, 7) is 4.12. The molecular weight excluding hydrogens is 330 g/mol. The third kappa shape index (κ3) is 8.14. The lowest BCUT2D eigenvalue weighted by atomic mass is 10.1. The molecule has 0 aliphatic heterocycles. The lowest BCUT2D eigenvalue weighted by molar-refractivity contribution is -0.139. The van der Waals surface area contributed by atoms with Crippen molar-refractivity contribution in [3.05, 3.63) is 22.1 Å². The average molecular weight is 355 g/mol. The molecule has 1 amide bonds. The Morgan fingerprint density at radius 1 is 1.42 bits per heavy atom. The van der Waals surface area contributed by atoms with E-state index < -0.39 is 5.97 Å². The number of nitrogens with zero attached hydrogens (tertiary/aromatic N) is 1. The van der Waals surface area contributed by atoms with Gasteiger partial charge in [-0.05, 0) is 13.3 Å². The number of hydrogen-bond donors (Lipinski definition) is 2. The van der Waals surface area contributed by atoms with E-state index in [1.54, 1.807) is 0 Å². The first-order valence-corrected chi connectivity index (χ1v) is 9.02. The largest absolute Gasteiger partial charge is 0.469 e. The van der Waals surface area contributed by atoms with Gasteiger partial charge in [0.15, 0.2) is 5.16 Å². The van der Waals surface area contributed by atoms with Crippen LogP contribution in [0, 0.1) is 0 Å². The molecule has 1 atom stereocenters. The third-order valence-electron chi connectivity index (χ3n) is 3.31. The van der Waals surface area contributed by atoms with Gasteiger partial charge in [-0.2, -0.15) is 0 Å². The quantitative estimate of drug-likeness (QED) is 0.286. The van der Waals surface area contributed by atoms with Crippen LogP contribution in [0.15, 0.2) is 16.0 Å². The summed E-state index contributed by atoms with van der Waals surface area (Å²) in [6.07, 6.45) is 4.28. The van der Waals surface area contributed by atoms with Crippen molar-refractivity contribution in [1.82, 2.24) is 15.3 Å². The molecule has 2 N–H and O–H groups in total. The molecule has 0 spiro atoms. The number of hydrogen-bond acceptors (Lipinski definition) is 6. The fourth-order valence-electron chi connectivity index (χ4n) is 2.09. The molecule has 0 bridgehead atoms. The zero-order valence-electron chi connectivity index (χ0n) is 14.4. The van der Waals surface area contributed by atoms with Gasteiger partial charge in [0, 0.05) is 12.1 Å². The number of nitrogens with one attached hydrogen (secondary N) is 2. The topological polar surface area (TPSA) is 101 Å². The van der Waals surface area contributed by atoms with Gasteiger partial charge < -0.3 is 15.0 Å². The molecule has 134 valence electrons. The molecule has 0 unspecified atom stereocenters. The predicted octanol–water partition coefficient (Wildman–Crippen LogP) is 1.66. The zero-order chi connectivity index (χ0) is 17.9. The van der Waals surface area contributed by atoms with Crippen LogP contribution in [-0.4, -0.2) is 40.7 Å². The number of carbonyl (C=O) groups excluding carboxylic acids is 2. The molecule has 1 rings (SSSR count). The Labute approximate surface area is 146 Å². The maximum Gasteiger partial charge on any atom is 0.311 e. The first-order chi connectivity index (χ1) is 11.4. The highest BCUT2D eigenvalue weighted by Gasteiger charge is 2.11. The second kappa shape index (κ2) is 10.9. The molecule has 1 aromatic heterocycles. The van der Waals surface area contributed by atoms with E-state index >= 15 is 0 Å². The van der Waals surface area contributed by atoms with Crippen molar-refractivity contribution in [1.29, 1.82) is 0 Å². The molecule has 0 aromatic carbocycles. The molecule has 0 aliphatic carbocycles. The van der Waals surface area contributed by atoms with Crippen LogP contribution in [-0.2, 0) is 20.7 Å². The minimum atomic E-state index is -0.470. The van der Waals surface area contributed by atoms with Gasteiger partial charge in [0.2, 0.25) is 5.91 Å². The standard InChI is InChI=1S/C16H25N3O4S/c1-4-5-6-7-11(2)17-14(21)10-24-16-18-12(8-13(20)19-16)9-15(22)23-3/h8,11H,4-7,9-10H2,1-3H3,(H,17,21)(H,18,19,20)/t11-/m1/s1. The van der Waals surface area contributed by atoms with Crippen molar-refractivity contribution in [3.63, 3.8) is 0 Å². The van der Waals surface area contributed by atoms with Gasteiger partial charge in [0.05, 0.1) is 25.0 Å². The van der Waals surface area contributed by atoms with Crippen LogP contribution in [0.3, 0.4) is 0 Å². The SMILES string of the molecule is CCCCC[C@@H](C)NC(=O)CSc1nc(CC(=O)OC)cc(=O)[nH]1. The Morgan fingerprint density at radius 2 is 2.17 bits per heavy atom. The van der Waals surface area contributed by atoms with E-state index in [1.807, 2.05) is 6.92 Å². The predicted molar refractivity (Wildman–Crippen MR) is 93.0 cm³/mol. The minimum Gasteiger partial charge on any atom is -0.469 e. The molecule has 0 aliphatic rings. The van der Waals surface area contributed by atoms with Gasteiger partial charge >= 0.3 is 5.97 Å². The first kappa shape index (κ1) is 20.2. The summed E-state index contributed by atoms with van der Waals surface area (Å²) < 4.78 is 4.55. The number of ether oxygens (including phenoxy) is 1. The highest BCUT2D eigenvalue weighted by atomic mass is 32.2. The van der Waals surface area contributed by atoms with E-state index in [-0.39, 0.29) is 29.7 Å². The van der Waals surface area contributed by atoms with Gasteiger partial charge in [-0.25, -0.2) is 4.98 Å². The molecule has 1 heterocycles. The molecule has 1 aromatic rings. The van der Waals surface area contributed by atoms with Crippen molar-refractivity contribution >= 4 is 23.6 Å². The first-order valence-electron chi connectivity index (χ1n) is 8.03. The van der Waals surface area contributed by atoms with E-state index in [0.717, 1.165) is 37.4 Å². The van der Waals surface area contributed by atoms with Crippen molar-refractivity contribution in [3.8, 4) is 0 Å². The van der Waals surface area contributed by atoms with Gasteiger partial charge in [-0.15, -0.1) is 0 Å². The van der Waals surface area contributed by atoms with E-state index in [9.17, 15) is 14.4 Å². The maximum atomic E-state index is 11.9. The Balaban J connectivity index is 2.50. The van der Waals surface area contributed by atoms with Gasteiger partial charge in [-0.3, -0.25) is 14.4 Å². The molecular formula is C16H25N3O4S. The fourth-order valence-corrected chi connectivity index (χ4v) is 2.79. The van der Waals surface area contributed by atoms with Crippen LogP contribution < -0.4 is 10.9 Å². The molecule has 0 radical (unpaired) electrons. The zero-order valence-corrected chi connectivity index (χ0v) is 15.2. The monoisotopic (exact) mass is 355 g/mol. The summed E-state index contributed by atoms with van der Waals surface area (Å²) in [5, 5.41) is 3.24. The average Bonchev–Trinajstić information content (AvgIpc) is 2.52. The van der Waals surface area contributed by atoms with Crippen LogP contribution in [0.5, 0.6) is 0 Å². The van der Waals surface area contributed by atoms with Crippen molar-refractivity contribution in [2.45, 2.75) is 57.1 Å². The van der Waals surface area contributed by atoms with Crippen molar-refractivity contribution in [2.75, 3.05) is 12.9 Å². The maximum absolute atomic E-state index is 11.9. The number of thioether (sulfide) groups is 1. The Hall–Kier alpha value is -1.83. The van der Waals surface area contributed by atoms with Gasteiger partial charge in [-0.1, -0.05) is 37.9 Å². The van der Waals surface area contributed by atoms with Gasteiger partial charge in [0.25, 0.3) is 5.56 Å². The van der Waals surface area contributed by atoms with Crippen LogP contribution in [0.2, 0.25) is 0 Å². The number of carbonyl (C=O) groups is 2. The normalized spacial score (nSPS) is 11.8. The molecule has 7 nitrogen and oxygen atoms in total. The van der Waals surface area contributed by atoms with E-state index in [4.69, 9.17) is 0 Å². The number of aromatic nitrogens is 2. The van der Waals surface area contributed by atoms with E-state index in [2.05, 4.69) is 26.9 Å². The molecule has 0 fully saturated rings. The van der Waals surface area contributed by atoms with E-state index in [1.165, 1.54) is 13.2 Å². The molecule has 0 saturated heterocycles. The third-order valence-corrected chi connectivity index (χ3v) is 4.19. The van der Waals surface area contributed by atoms with Gasteiger partial charge in [0.1, 0.15) is 0 Å². The smallest absolute Gasteiger partial charge is 0.311 e. The summed E-state index contributed by atoms with van der Waals surface area (Å²) in [5.41, 5.74) is -0.0406. The molecule has 0 saturated carbocycles. The summed E-state index contributed by atoms with van der Waals surface area (Å²) in [7, 11) is 1.27. The van der Waals surface area contributed by atoms with Crippen LogP contribution in [0.4, 0.5) is 0 Å². The Bertz CT molecular complexity index is 603. The summed E-state index contributed by atoms with van der Waals surface area (Å²) in [6, 6.07) is 1.37. The summed E-state index contributed by atoms with van der Waals surface area (Å²) in [4.78, 5) is 41.5. The number of aromatic amines is 1. The lowest BCUT2D eigenvalue weighted by Crippen LogP contribution is -2.33. The molecule has 8 heteroatoms. The Kier molecular flexibility index (Phi) is 9.14. The molecule has 24 heavy (non-hydrogen) atoms. The highest BCUT2D eigenvalue weighted by molar-refractivity contribution is 7.99. The van der Waals surface area contributed by atoms with Crippen LogP contribution >= 0.6 is 11.8 Å². The van der Waals surface area contributed by atoms with E-state index in [0.29, 0.717) is 10.9 Å². The second-order valence-electron chi connectivity index (χ2n) is 5.55. The van der Waals surface area contributed by atoms with Crippen LogP contribution in [0.25, 0.3) is 0 Å². The number of amides is 1. The number of unbranched alkanes of at least 4 members (excludes halogenated alkanes) is 2. The minimum absolute atomic E-state index is 0.0748. The number of esters is 1.